The summed E-state index contributed by atoms with van der Waals surface area (Å²) in [6.45, 7) is 7.00. The number of amides is 1. The molecule has 31 heavy (non-hydrogen) atoms. The van der Waals surface area contributed by atoms with Crippen LogP contribution in [0.15, 0.2) is 70.6 Å². The molecule has 1 N–H and O–H groups in total. The molecule has 1 amide bonds. The Hall–Kier alpha value is -2.40. The van der Waals surface area contributed by atoms with Crippen LogP contribution in [-0.2, 0) is 4.79 Å². The molecular weight excluding hydrogens is 402 g/mol. The van der Waals surface area contributed by atoms with Crippen molar-refractivity contribution in [1.29, 1.82) is 0 Å². The molecule has 0 atom stereocenters. The van der Waals surface area contributed by atoms with Crippen molar-refractivity contribution in [3.05, 3.63) is 66.2 Å². The van der Waals surface area contributed by atoms with E-state index in [0.29, 0.717) is 17.1 Å². The van der Waals surface area contributed by atoms with Gasteiger partial charge in [0.2, 0.25) is 5.91 Å². The largest absolute Gasteiger partial charge is 0.325 e. The molecule has 2 aliphatic rings. The van der Waals surface area contributed by atoms with Gasteiger partial charge >= 0.3 is 0 Å². The molecule has 162 valence electrons. The van der Waals surface area contributed by atoms with Crippen molar-refractivity contribution in [3.8, 4) is 0 Å². The first kappa shape index (κ1) is 21.8. The van der Waals surface area contributed by atoms with Crippen molar-refractivity contribution in [2.45, 2.75) is 52.1 Å². The maximum atomic E-state index is 12.5. The van der Waals surface area contributed by atoms with Gasteiger partial charge in [-0.25, -0.2) is 4.99 Å². The molecule has 1 fully saturated rings. The summed E-state index contributed by atoms with van der Waals surface area (Å²) >= 11 is 1.50. The lowest BCUT2D eigenvalue weighted by atomic mass is 9.70. The lowest BCUT2D eigenvalue weighted by molar-refractivity contribution is -0.113. The third-order valence-electron chi connectivity index (χ3n) is 6.29. The minimum Gasteiger partial charge on any atom is -0.325 e. The van der Waals surface area contributed by atoms with Gasteiger partial charge in [0.05, 0.1) is 11.5 Å². The van der Waals surface area contributed by atoms with Gasteiger partial charge in [0.1, 0.15) is 5.04 Å². The topological polar surface area (TPSA) is 53.8 Å². The maximum absolute atomic E-state index is 12.5. The molecule has 0 radical (unpaired) electrons. The summed E-state index contributed by atoms with van der Waals surface area (Å²) in [5, 5.41) is 3.85. The van der Waals surface area contributed by atoms with Crippen LogP contribution < -0.4 is 5.32 Å². The first-order chi connectivity index (χ1) is 14.8. The van der Waals surface area contributed by atoms with E-state index in [1.807, 2.05) is 48.5 Å². The lowest BCUT2D eigenvalue weighted by Gasteiger charge is -2.39. The molecule has 2 aromatic carbocycles. The fourth-order valence-electron chi connectivity index (χ4n) is 4.43. The predicted molar refractivity (Wildman–Crippen MR) is 132 cm³/mol. The fraction of sp³-hybridized carbons (Fsp3) is 0.423. The van der Waals surface area contributed by atoms with E-state index in [4.69, 9.17) is 9.98 Å². The second-order valence-corrected chi connectivity index (χ2v) is 10.5. The molecule has 1 spiro atoms. The number of anilines is 1. The van der Waals surface area contributed by atoms with Crippen LogP contribution >= 0.6 is 11.8 Å². The van der Waals surface area contributed by atoms with Gasteiger partial charge in [0, 0.05) is 11.3 Å². The quantitative estimate of drug-likeness (QED) is 0.625. The summed E-state index contributed by atoms with van der Waals surface area (Å²) in [6.07, 6.45) is 4.24. The Morgan fingerprint density at radius 1 is 1.00 bits per heavy atom. The zero-order chi connectivity index (χ0) is 21.9. The lowest BCUT2D eigenvalue weighted by Crippen LogP contribution is -2.34. The average Bonchev–Trinajstić information content (AvgIpc) is 3.11. The highest BCUT2D eigenvalue weighted by molar-refractivity contribution is 8.16. The summed E-state index contributed by atoms with van der Waals surface area (Å²) in [6, 6.07) is 19.8. The van der Waals surface area contributed by atoms with Crippen LogP contribution in [0.4, 0.5) is 5.69 Å². The molecule has 1 aliphatic carbocycles. The Labute approximate surface area is 189 Å². The second-order valence-electron chi connectivity index (χ2n) is 9.57. The molecule has 4 rings (SSSR count). The minimum atomic E-state index is -0.356. The van der Waals surface area contributed by atoms with E-state index >= 15 is 0 Å². The summed E-state index contributed by atoms with van der Waals surface area (Å²) in [5.41, 5.74) is 2.79. The van der Waals surface area contributed by atoms with E-state index in [-0.39, 0.29) is 11.6 Å². The Kier molecular flexibility index (Phi) is 6.33. The smallest absolute Gasteiger partial charge is 0.234 e. The van der Waals surface area contributed by atoms with E-state index in [0.717, 1.165) is 47.7 Å². The normalized spacial score (nSPS) is 23.4. The van der Waals surface area contributed by atoms with Crippen LogP contribution in [0, 0.1) is 11.3 Å². The Morgan fingerprint density at radius 3 is 2.23 bits per heavy atom. The van der Waals surface area contributed by atoms with Crippen LogP contribution in [0.25, 0.3) is 0 Å². The maximum Gasteiger partial charge on any atom is 0.234 e. The van der Waals surface area contributed by atoms with E-state index in [9.17, 15) is 4.79 Å². The molecule has 0 unspecified atom stereocenters. The molecule has 0 bridgehead atoms. The number of nitrogens with zero attached hydrogens (tertiary/aromatic N) is 2. The number of para-hydroxylation sites is 1. The highest BCUT2D eigenvalue weighted by Gasteiger charge is 2.42. The number of hydrogen-bond donors (Lipinski definition) is 1. The van der Waals surface area contributed by atoms with Gasteiger partial charge in [-0.3, -0.25) is 9.79 Å². The van der Waals surface area contributed by atoms with Crippen molar-refractivity contribution in [2.24, 2.45) is 21.3 Å². The van der Waals surface area contributed by atoms with Gasteiger partial charge in [-0.15, -0.1) is 0 Å². The van der Waals surface area contributed by atoms with E-state index in [1.165, 1.54) is 11.8 Å². The monoisotopic (exact) mass is 433 g/mol. The number of carbonyl (C=O) groups is 1. The third kappa shape index (κ3) is 5.27. The highest BCUT2D eigenvalue weighted by atomic mass is 32.2. The van der Waals surface area contributed by atoms with Crippen LogP contribution in [0.5, 0.6) is 0 Å². The first-order valence-corrected chi connectivity index (χ1v) is 12.1. The summed E-state index contributed by atoms with van der Waals surface area (Å²) < 4.78 is 0. The highest BCUT2D eigenvalue weighted by Crippen LogP contribution is 2.45. The van der Waals surface area contributed by atoms with Crippen LogP contribution in [0.3, 0.4) is 0 Å². The van der Waals surface area contributed by atoms with E-state index in [1.54, 1.807) is 0 Å². The zero-order valence-corrected chi connectivity index (χ0v) is 19.4. The van der Waals surface area contributed by atoms with Crippen LogP contribution in [-0.4, -0.2) is 28.1 Å². The first-order valence-electron chi connectivity index (χ1n) is 11.1. The molecule has 5 heteroatoms. The predicted octanol–water partition coefficient (Wildman–Crippen LogP) is 6.19. The number of hydrogen-bond acceptors (Lipinski definition) is 4. The molecule has 0 aromatic heterocycles. The van der Waals surface area contributed by atoms with E-state index < -0.39 is 0 Å². The fourth-order valence-corrected chi connectivity index (χ4v) is 5.30. The second kappa shape index (κ2) is 8.99. The number of benzene rings is 2. The molecule has 1 heterocycles. The summed E-state index contributed by atoms with van der Waals surface area (Å²) in [5.74, 6) is 1.00. The SMILES string of the molecule is CC(C)(C)C1CCC2(CC1)N=C(SCC(=O)Nc1ccccc1)C(c1ccccc1)=N2. The average molecular weight is 434 g/mol. The molecule has 4 nitrogen and oxygen atoms in total. The Balaban J connectivity index is 1.50. The third-order valence-corrected chi connectivity index (χ3v) is 7.25. The Bertz CT molecular complexity index is 969. The minimum absolute atomic E-state index is 0.0243. The van der Waals surface area contributed by atoms with Gasteiger partial charge in [-0.1, -0.05) is 81.1 Å². The van der Waals surface area contributed by atoms with Gasteiger partial charge in [-0.05, 0) is 49.1 Å². The number of nitrogens with one attached hydrogen (secondary N) is 1. The van der Waals surface area contributed by atoms with Crippen molar-refractivity contribution in [3.63, 3.8) is 0 Å². The van der Waals surface area contributed by atoms with Crippen molar-refractivity contribution < 1.29 is 4.79 Å². The van der Waals surface area contributed by atoms with Crippen LogP contribution in [0.2, 0.25) is 0 Å². The van der Waals surface area contributed by atoms with Crippen molar-refractivity contribution in [2.75, 3.05) is 11.1 Å². The molecule has 0 saturated heterocycles. The zero-order valence-electron chi connectivity index (χ0n) is 18.6. The molecule has 1 aliphatic heterocycles. The molecular formula is C26H31N3OS. The van der Waals surface area contributed by atoms with Gasteiger partial charge in [-0.2, -0.15) is 0 Å². The number of carbonyl (C=O) groups excluding carboxylic acids is 1. The summed E-state index contributed by atoms with van der Waals surface area (Å²) in [7, 11) is 0. The van der Waals surface area contributed by atoms with Crippen molar-refractivity contribution in [1.82, 2.24) is 0 Å². The van der Waals surface area contributed by atoms with Crippen molar-refractivity contribution >= 4 is 34.1 Å². The molecule has 2 aromatic rings. The van der Waals surface area contributed by atoms with E-state index in [2.05, 4.69) is 38.2 Å². The summed E-state index contributed by atoms with van der Waals surface area (Å²) in [4.78, 5) is 22.8. The van der Waals surface area contributed by atoms with Gasteiger partial charge in [0.15, 0.2) is 5.66 Å². The van der Waals surface area contributed by atoms with Gasteiger partial charge in [0.25, 0.3) is 0 Å². The molecule has 1 saturated carbocycles. The standard InChI is InChI=1S/C26H31N3OS/c1-25(2,3)20-14-16-26(17-15-20)28-23(19-10-6-4-7-11-19)24(29-26)31-18-22(30)27-21-12-8-5-9-13-21/h4-13,20H,14-18H2,1-3H3,(H,27,30). The number of rotatable bonds is 4. The van der Waals surface area contributed by atoms with Crippen LogP contribution in [0.1, 0.15) is 52.0 Å². The number of thioether (sulfide) groups is 1. The Morgan fingerprint density at radius 2 is 1.61 bits per heavy atom. The number of aliphatic imine (C=N–C) groups is 2. The van der Waals surface area contributed by atoms with Gasteiger partial charge < -0.3 is 5.32 Å².